The van der Waals surface area contributed by atoms with Crippen molar-refractivity contribution in [2.75, 3.05) is 27.2 Å². The molecule has 2 aromatic rings. The maximum absolute atomic E-state index is 12.4. The summed E-state index contributed by atoms with van der Waals surface area (Å²) in [7, 11) is 3.76. The van der Waals surface area contributed by atoms with Crippen LogP contribution in [-0.4, -0.2) is 69.2 Å². The summed E-state index contributed by atoms with van der Waals surface area (Å²) in [5, 5.41) is 11.7. The van der Waals surface area contributed by atoms with E-state index in [1.165, 1.54) is 5.56 Å². The van der Waals surface area contributed by atoms with Gasteiger partial charge in [-0.25, -0.2) is 4.68 Å². The van der Waals surface area contributed by atoms with Crippen LogP contribution < -0.4 is 4.74 Å². The van der Waals surface area contributed by atoms with Gasteiger partial charge in [-0.3, -0.25) is 9.69 Å². The fourth-order valence-electron chi connectivity index (χ4n) is 2.17. The van der Waals surface area contributed by atoms with Crippen molar-refractivity contribution >= 4 is 5.91 Å². The number of benzene rings is 1. The molecule has 0 saturated heterocycles. The lowest BCUT2D eigenvalue weighted by Crippen LogP contribution is -2.35. The smallest absolute Gasteiger partial charge is 0.244 e. The molecule has 0 spiro atoms. The van der Waals surface area contributed by atoms with Crippen LogP contribution in [-0.2, 0) is 17.9 Å². The molecule has 0 saturated carbocycles. The Bertz CT molecular complexity index is 698. The van der Waals surface area contributed by atoms with E-state index in [-0.39, 0.29) is 12.5 Å². The Morgan fingerprint density at radius 3 is 2.58 bits per heavy atom. The minimum Gasteiger partial charge on any atom is -0.492 e. The number of carbonyl (C=O) groups excluding carboxylic acids is 1. The number of hydrogen-bond acceptors (Lipinski definition) is 6. The first-order valence-electron chi connectivity index (χ1n) is 8.75. The molecule has 8 heteroatoms. The second-order valence-electron chi connectivity index (χ2n) is 6.74. The average molecular weight is 360 g/mol. The Kier molecular flexibility index (Phi) is 7.08. The zero-order valence-corrected chi connectivity index (χ0v) is 16.2. The van der Waals surface area contributed by atoms with Gasteiger partial charge in [0.2, 0.25) is 5.91 Å². The molecule has 0 bridgehead atoms. The third-order valence-corrected chi connectivity index (χ3v) is 4.31. The Balaban J connectivity index is 1.81. The van der Waals surface area contributed by atoms with Crippen molar-refractivity contribution in [1.29, 1.82) is 0 Å². The second kappa shape index (κ2) is 9.28. The highest BCUT2D eigenvalue weighted by molar-refractivity contribution is 5.75. The molecule has 1 aromatic carbocycles. The van der Waals surface area contributed by atoms with E-state index < -0.39 is 0 Å². The van der Waals surface area contributed by atoms with E-state index in [2.05, 4.69) is 34.3 Å². The Morgan fingerprint density at radius 2 is 1.92 bits per heavy atom. The number of amides is 1. The van der Waals surface area contributed by atoms with Gasteiger partial charge in [0.15, 0.2) is 5.82 Å². The maximum atomic E-state index is 12.4. The van der Waals surface area contributed by atoms with Crippen LogP contribution in [0.1, 0.15) is 25.2 Å². The number of likely N-dealkylation sites (N-methyl/N-ethyl adjacent to an activating group) is 1. The minimum absolute atomic E-state index is 0.0572. The monoisotopic (exact) mass is 360 g/mol. The van der Waals surface area contributed by atoms with Crippen molar-refractivity contribution in [3.8, 4) is 5.75 Å². The molecule has 8 nitrogen and oxygen atoms in total. The molecular formula is C18H28N6O2. The van der Waals surface area contributed by atoms with Crippen LogP contribution >= 0.6 is 0 Å². The van der Waals surface area contributed by atoms with Gasteiger partial charge >= 0.3 is 0 Å². The molecule has 0 N–H and O–H groups in total. The van der Waals surface area contributed by atoms with Crippen LogP contribution in [0.2, 0.25) is 0 Å². The van der Waals surface area contributed by atoms with Crippen molar-refractivity contribution in [3.63, 3.8) is 0 Å². The van der Waals surface area contributed by atoms with Crippen molar-refractivity contribution in [2.45, 2.75) is 39.9 Å². The zero-order valence-electron chi connectivity index (χ0n) is 16.2. The number of carbonyl (C=O) groups is 1. The van der Waals surface area contributed by atoms with Crippen LogP contribution in [0.3, 0.4) is 0 Å². The van der Waals surface area contributed by atoms with Gasteiger partial charge in [-0.1, -0.05) is 17.7 Å². The number of ether oxygens (including phenoxy) is 1. The lowest BCUT2D eigenvalue weighted by Gasteiger charge is -2.21. The summed E-state index contributed by atoms with van der Waals surface area (Å²) in [5.74, 6) is 1.42. The maximum Gasteiger partial charge on any atom is 0.244 e. The van der Waals surface area contributed by atoms with Crippen molar-refractivity contribution < 1.29 is 9.53 Å². The average Bonchev–Trinajstić information content (AvgIpc) is 3.03. The largest absolute Gasteiger partial charge is 0.492 e. The molecule has 1 aromatic heterocycles. The molecule has 1 amide bonds. The fraction of sp³-hybridized carbons (Fsp3) is 0.556. The summed E-state index contributed by atoms with van der Waals surface area (Å²) in [6.45, 7) is 7.87. The van der Waals surface area contributed by atoms with Crippen LogP contribution in [0.25, 0.3) is 0 Å². The number of tetrazole rings is 1. The molecule has 0 radical (unpaired) electrons. The van der Waals surface area contributed by atoms with E-state index in [0.717, 1.165) is 5.75 Å². The predicted molar refractivity (Wildman–Crippen MR) is 98.7 cm³/mol. The van der Waals surface area contributed by atoms with Gasteiger partial charge in [-0.15, -0.1) is 5.10 Å². The number of nitrogens with zero attached hydrogens (tertiary/aromatic N) is 6. The molecule has 26 heavy (non-hydrogen) atoms. The van der Waals surface area contributed by atoms with E-state index in [1.807, 2.05) is 38.2 Å². The molecule has 0 aliphatic carbocycles. The molecule has 0 aliphatic heterocycles. The normalized spacial score (nSPS) is 11.2. The molecule has 142 valence electrons. The standard InChI is InChI=1S/C18H28N6O2/c1-14(2)23(5)12-17-19-20-21-24(17)13-18(25)22(4)10-11-26-16-8-6-15(3)7-9-16/h6-9,14H,10-13H2,1-5H3. The quantitative estimate of drug-likeness (QED) is 0.672. The molecule has 1 heterocycles. The van der Waals surface area contributed by atoms with Crippen LogP contribution in [0.15, 0.2) is 24.3 Å². The van der Waals surface area contributed by atoms with Crippen LogP contribution in [0.5, 0.6) is 5.75 Å². The van der Waals surface area contributed by atoms with E-state index in [1.54, 1.807) is 16.6 Å². The van der Waals surface area contributed by atoms with Gasteiger partial charge in [0.25, 0.3) is 0 Å². The summed E-state index contributed by atoms with van der Waals surface area (Å²) in [5.41, 5.74) is 1.19. The number of aromatic nitrogens is 4. The fourth-order valence-corrected chi connectivity index (χ4v) is 2.17. The number of hydrogen-bond donors (Lipinski definition) is 0. The summed E-state index contributed by atoms with van der Waals surface area (Å²) < 4.78 is 7.23. The second-order valence-corrected chi connectivity index (χ2v) is 6.74. The topological polar surface area (TPSA) is 76.4 Å². The Hall–Kier alpha value is -2.48. The van der Waals surface area contributed by atoms with Gasteiger partial charge in [0.05, 0.1) is 13.1 Å². The first kappa shape index (κ1) is 19.8. The van der Waals surface area contributed by atoms with E-state index in [9.17, 15) is 4.79 Å². The SMILES string of the molecule is Cc1ccc(OCCN(C)C(=O)Cn2nnnc2CN(C)C(C)C)cc1. The third kappa shape index (κ3) is 5.80. The molecule has 0 aliphatic rings. The van der Waals surface area contributed by atoms with Crippen LogP contribution in [0.4, 0.5) is 0 Å². The zero-order chi connectivity index (χ0) is 19.1. The summed E-state index contributed by atoms with van der Waals surface area (Å²) in [6, 6.07) is 8.22. The minimum atomic E-state index is -0.0572. The summed E-state index contributed by atoms with van der Waals surface area (Å²) in [4.78, 5) is 16.2. The molecule has 0 atom stereocenters. The van der Waals surface area contributed by atoms with Gasteiger partial charge in [0.1, 0.15) is 18.9 Å². The molecular weight excluding hydrogens is 332 g/mol. The number of aryl methyl sites for hydroxylation is 1. The van der Waals surface area contributed by atoms with E-state index in [0.29, 0.717) is 31.6 Å². The van der Waals surface area contributed by atoms with Gasteiger partial charge < -0.3 is 9.64 Å². The van der Waals surface area contributed by atoms with E-state index in [4.69, 9.17) is 4.74 Å². The first-order chi connectivity index (χ1) is 12.4. The highest BCUT2D eigenvalue weighted by Crippen LogP contribution is 2.11. The first-order valence-corrected chi connectivity index (χ1v) is 8.75. The predicted octanol–water partition coefficient (Wildman–Crippen LogP) is 1.36. The van der Waals surface area contributed by atoms with Gasteiger partial charge in [-0.2, -0.15) is 0 Å². The molecule has 2 rings (SSSR count). The Morgan fingerprint density at radius 1 is 1.23 bits per heavy atom. The Labute approximate surface area is 154 Å². The lowest BCUT2D eigenvalue weighted by atomic mass is 10.2. The van der Waals surface area contributed by atoms with Crippen LogP contribution in [0, 0.1) is 6.92 Å². The third-order valence-electron chi connectivity index (χ3n) is 4.31. The van der Waals surface area contributed by atoms with Crippen molar-refractivity contribution in [1.82, 2.24) is 30.0 Å². The van der Waals surface area contributed by atoms with Gasteiger partial charge in [-0.05, 0) is 50.4 Å². The van der Waals surface area contributed by atoms with E-state index >= 15 is 0 Å². The van der Waals surface area contributed by atoms with Crippen molar-refractivity contribution in [3.05, 3.63) is 35.7 Å². The highest BCUT2D eigenvalue weighted by atomic mass is 16.5. The molecule has 0 fully saturated rings. The van der Waals surface area contributed by atoms with Crippen molar-refractivity contribution in [2.24, 2.45) is 0 Å². The summed E-state index contributed by atoms with van der Waals surface area (Å²) >= 11 is 0. The molecule has 0 unspecified atom stereocenters. The van der Waals surface area contributed by atoms with Gasteiger partial charge in [0, 0.05) is 13.1 Å². The highest BCUT2D eigenvalue weighted by Gasteiger charge is 2.16. The lowest BCUT2D eigenvalue weighted by molar-refractivity contribution is -0.131. The number of rotatable bonds is 9. The summed E-state index contributed by atoms with van der Waals surface area (Å²) in [6.07, 6.45) is 0.